The Kier molecular flexibility index (Phi) is 7.63. The Morgan fingerprint density at radius 1 is 0.706 bits per heavy atom. The lowest BCUT2D eigenvalue weighted by Crippen LogP contribution is -2.54. The number of nitrogens with zero attached hydrogens (tertiary/aromatic N) is 2. The van der Waals surface area contributed by atoms with Crippen LogP contribution < -0.4 is 20.4 Å². The van der Waals surface area contributed by atoms with Crippen LogP contribution in [-0.2, 0) is 4.79 Å². The molecule has 0 bridgehead atoms. The van der Waals surface area contributed by atoms with Crippen LogP contribution in [0.3, 0.4) is 0 Å². The van der Waals surface area contributed by atoms with Crippen LogP contribution in [0.25, 0.3) is 0 Å². The first kappa shape index (κ1) is 24.7. The summed E-state index contributed by atoms with van der Waals surface area (Å²) < 4.78 is 0. The SMILES string of the molecule is CC(C(=O)C(C)c1cccc(N2C[C@@H](C)N[C@@H](C)C2)c1)c1cccc(N2C[C@@H](C)N[C@@H](C)C2)c1. The van der Waals surface area contributed by atoms with Gasteiger partial charge in [0.2, 0.25) is 0 Å². The monoisotopic (exact) mass is 462 g/mol. The van der Waals surface area contributed by atoms with Gasteiger partial charge in [-0.25, -0.2) is 0 Å². The van der Waals surface area contributed by atoms with Gasteiger partial charge >= 0.3 is 0 Å². The van der Waals surface area contributed by atoms with Gasteiger partial charge in [0.25, 0.3) is 0 Å². The van der Waals surface area contributed by atoms with Gasteiger partial charge in [-0.3, -0.25) is 4.79 Å². The predicted octanol–water partition coefficient (Wildman–Crippen LogP) is 4.54. The summed E-state index contributed by atoms with van der Waals surface area (Å²) in [6.45, 7) is 17.0. The Bertz CT molecular complexity index is 894. The molecule has 2 aliphatic heterocycles. The standard InChI is InChI=1S/C29H42N4O/c1-19-15-32(16-20(2)30-19)27-11-7-9-25(13-27)23(5)29(34)24(6)26-10-8-12-28(14-26)33-17-21(3)31-22(4)18-33/h7-14,19-24,30-31H,15-18H2,1-6H3/t19-,20+,21-,22+,23?,24?. The lowest BCUT2D eigenvalue weighted by Gasteiger charge is -2.38. The highest BCUT2D eigenvalue weighted by Gasteiger charge is 2.26. The molecule has 2 fully saturated rings. The first-order chi connectivity index (χ1) is 16.2. The molecule has 2 unspecified atom stereocenters. The number of anilines is 2. The van der Waals surface area contributed by atoms with E-state index in [1.807, 2.05) is 0 Å². The van der Waals surface area contributed by atoms with Crippen LogP contribution in [0.5, 0.6) is 0 Å². The summed E-state index contributed by atoms with van der Waals surface area (Å²) in [6.07, 6.45) is 0. The maximum atomic E-state index is 13.6. The molecule has 2 saturated heterocycles. The van der Waals surface area contributed by atoms with Crippen LogP contribution in [0.15, 0.2) is 48.5 Å². The number of ketones is 1. The molecule has 0 amide bonds. The molecule has 2 N–H and O–H groups in total. The number of piperazine rings is 2. The van der Waals surface area contributed by atoms with E-state index in [9.17, 15) is 4.79 Å². The highest BCUT2D eigenvalue weighted by Crippen LogP contribution is 2.31. The van der Waals surface area contributed by atoms with Gasteiger partial charge in [0.15, 0.2) is 0 Å². The van der Waals surface area contributed by atoms with E-state index in [0.29, 0.717) is 24.2 Å². The predicted molar refractivity (Wildman–Crippen MR) is 143 cm³/mol. The average molecular weight is 463 g/mol. The molecule has 2 aromatic carbocycles. The zero-order valence-corrected chi connectivity index (χ0v) is 21.7. The van der Waals surface area contributed by atoms with Crippen molar-refractivity contribution in [3.63, 3.8) is 0 Å². The van der Waals surface area contributed by atoms with E-state index in [1.165, 1.54) is 11.4 Å². The third kappa shape index (κ3) is 5.64. The summed E-state index contributed by atoms with van der Waals surface area (Å²) >= 11 is 0. The van der Waals surface area contributed by atoms with Gasteiger partial charge in [-0.15, -0.1) is 0 Å². The summed E-state index contributed by atoms with van der Waals surface area (Å²) in [5.74, 6) is -0.00964. The minimum Gasteiger partial charge on any atom is -0.368 e. The number of rotatable bonds is 6. The Balaban J connectivity index is 1.49. The van der Waals surface area contributed by atoms with Crippen molar-refractivity contribution in [1.29, 1.82) is 0 Å². The Morgan fingerprint density at radius 2 is 1.06 bits per heavy atom. The summed E-state index contributed by atoms with van der Waals surface area (Å²) in [4.78, 5) is 18.5. The molecule has 5 heteroatoms. The van der Waals surface area contributed by atoms with Gasteiger partial charge in [0, 0.05) is 73.6 Å². The molecule has 0 saturated carbocycles. The maximum absolute atomic E-state index is 13.6. The molecule has 6 atom stereocenters. The third-order valence-electron chi connectivity index (χ3n) is 7.44. The molecule has 0 spiro atoms. The number of nitrogens with one attached hydrogen (secondary N) is 2. The molecule has 34 heavy (non-hydrogen) atoms. The fourth-order valence-corrected chi connectivity index (χ4v) is 5.76. The molecule has 5 nitrogen and oxygen atoms in total. The first-order valence-corrected chi connectivity index (χ1v) is 13.0. The van der Waals surface area contributed by atoms with Crippen LogP contribution in [0.4, 0.5) is 11.4 Å². The molecule has 2 aromatic rings. The lowest BCUT2D eigenvalue weighted by molar-refractivity contribution is -0.121. The molecule has 0 aromatic heterocycles. The van der Waals surface area contributed by atoms with E-state index in [0.717, 1.165) is 37.3 Å². The molecule has 0 aliphatic carbocycles. The van der Waals surface area contributed by atoms with E-state index in [2.05, 4.69) is 111 Å². The molecule has 2 heterocycles. The van der Waals surface area contributed by atoms with Gasteiger partial charge in [-0.2, -0.15) is 0 Å². The Hall–Kier alpha value is -2.37. The molecular formula is C29H42N4O. The van der Waals surface area contributed by atoms with E-state index in [4.69, 9.17) is 0 Å². The second-order valence-corrected chi connectivity index (χ2v) is 10.8. The van der Waals surface area contributed by atoms with Crippen molar-refractivity contribution in [2.75, 3.05) is 36.0 Å². The van der Waals surface area contributed by atoms with Crippen molar-refractivity contribution in [2.45, 2.75) is 77.5 Å². The highest BCUT2D eigenvalue weighted by atomic mass is 16.1. The van der Waals surface area contributed by atoms with Crippen LogP contribution in [0, 0.1) is 0 Å². The van der Waals surface area contributed by atoms with E-state index >= 15 is 0 Å². The zero-order chi connectivity index (χ0) is 24.4. The van der Waals surface area contributed by atoms with E-state index in [-0.39, 0.29) is 17.6 Å². The van der Waals surface area contributed by atoms with Gasteiger partial charge in [0.1, 0.15) is 5.78 Å². The van der Waals surface area contributed by atoms with Crippen molar-refractivity contribution in [1.82, 2.24) is 10.6 Å². The van der Waals surface area contributed by atoms with Crippen molar-refractivity contribution in [2.24, 2.45) is 0 Å². The van der Waals surface area contributed by atoms with Gasteiger partial charge < -0.3 is 20.4 Å². The number of Topliss-reactive ketones (excluding diaryl/α,β-unsaturated/α-hetero) is 1. The maximum Gasteiger partial charge on any atom is 0.147 e. The van der Waals surface area contributed by atoms with E-state index in [1.54, 1.807) is 0 Å². The normalized spacial score (nSPS) is 27.4. The third-order valence-corrected chi connectivity index (χ3v) is 7.44. The number of hydrogen-bond acceptors (Lipinski definition) is 5. The molecule has 2 aliphatic rings. The molecule has 0 radical (unpaired) electrons. The number of carbonyl (C=O) groups excluding carboxylic acids is 1. The minimum atomic E-state index is -0.143. The van der Waals surface area contributed by atoms with Crippen molar-refractivity contribution in [3.8, 4) is 0 Å². The summed E-state index contributed by atoms with van der Waals surface area (Å²) in [6, 6.07) is 19.0. The molecule has 4 rings (SSSR count). The Labute approximate surface area is 205 Å². The smallest absolute Gasteiger partial charge is 0.147 e. The van der Waals surface area contributed by atoms with Crippen molar-refractivity contribution < 1.29 is 4.79 Å². The quantitative estimate of drug-likeness (QED) is 0.660. The molecule has 184 valence electrons. The minimum absolute atomic E-state index is 0.143. The zero-order valence-electron chi connectivity index (χ0n) is 21.7. The fraction of sp³-hybridized carbons (Fsp3) is 0.552. The van der Waals surface area contributed by atoms with Crippen LogP contribution >= 0.6 is 0 Å². The largest absolute Gasteiger partial charge is 0.368 e. The number of benzene rings is 2. The molecular weight excluding hydrogens is 420 g/mol. The topological polar surface area (TPSA) is 47.6 Å². The Morgan fingerprint density at radius 3 is 1.41 bits per heavy atom. The second kappa shape index (κ2) is 10.5. The van der Waals surface area contributed by atoms with Crippen LogP contribution in [0.2, 0.25) is 0 Å². The number of hydrogen-bond donors (Lipinski definition) is 2. The van der Waals surface area contributed by atoms with Gasteiger partial charge in [-0.1, -0.05) is 38.1 Å². The fourth-order valence-electron chi connectivity index (χ4n) is 5.76. The van der Waals surface area contributed by atoms with Crippen molar-refractivity contribution in [3.05, 3.63) is 59.7 Å². The lowest BCUT2D eigenvalue weighted by atomic mass is 9.85. The second-order valence-electron chi connectivity index (χ2n) is 10.8. The van der Waals surface area contributed by atoms with Gasteiger partial charge in [0.05, 0.1) is 0 Å². The summed E-state index contributed by atoms with van der Waals surface area (Å²) in [5, 5.41) is 7.20. The average Bonchev–Trinajstić information content (AvgIpc) is 2.81. The van der Waals surface area contributed by atoms with Crippen molar-refractivity contribution >= 4 is 17.2 Å². The highest BCUT2D eigenvalue weighted by molar-refractivity contribution is 5.91. The first-order valence-electron chi connectivity index (χ1n) is 13.0. The summed E-state index contributed by atoms with van der Waals surface area (Å²) in [7, 11) is 0. The van der Waals surface area contributed by atoms with Crippen LogP contribution in [0.1, 0.15) is 64.5 Å². The number of carbonyl (C=O) groups is 1. The summed E-state index contributed by atoms with van der Waals surface area (Å²) in [5.41, 5.74) is 4.64. The van der Waals surface area contributed by atoms with Crippen LogP contribution in [-0.4, -0.2) is 56.1 Å². The van der Waals surface area contributed by atoms with E-state index < -0.39 is 0 Å². The van der Waals surface area contributed by atoms with Gasteiger partial charge in [-0.05, 0) is 63.1 Å².